The Morgan fingerprint density at radius 2 is 1.79 bits per heavy atom. The first-order valence-electron chi connectivity index (χ1n) is 8.04. The molecule has 0 radical (unpaired) electrons. The summed E-state index contributed by atoms with van der Waals surface area (Å²) < 4.78 is 0. The molecule has 2 aromatic carbocycles. The van der Waals surface area contributed by atoms with E-state index in [9.17, 15) is 9.59 Å². The lowest BCUT2D eigenvalue weighted by atomic mass is 9.94. The molecule has 5 nitrogen and oxygen atoms in total. The quantitative estimate of drug-likeness (QED) is 0.892. The smallest absolute Gasteiger partial charge is 0.240 e. The van der Waals surface area contributed by atoms with Gasteiger partial charge in [-0.1, -0.05) is 42.5 Å². The zero-order chi connectivity index (χ0) is 17.1. The maximum absolute atomic E-state index is 12.4. The van der Waals surface area contributed by atoms with Gasteiger partial charge in [-0.15, -0.1) is 0 Å². The topological polar surface area (TPSA) is 89.4 Å². The van der Waals surface area contributed by atoms with Gasteiger partial charge >= 0.3 is 0 Å². The average Bonchev–Trinajstić information content (AvgIpc) is 2.60. The number of amides is 2. The van der Waals surface area contributed by atoms with Gasteiger partial charge in [0.1, 0.15) is 0 Å². The predicted molar refractivity (Wildman–Crippen MR) is 92.8 cm³/mol. The van der Waals surface area contributed by atoms with E-state index in [1.165, 1.54) is 5.56 Å². The van der Waals surface area contributed by atoms with E-state index in [2.05, 4.69) is 30.3 Å². The molecule has 0 saturated carbocycles. The summed E-state index contributed by atoms with van der Waals surface area (Å²) in [4.78, 5) is 25.1. The van der Waals surface area contributed by atoms with E-state index < -0.39 is 11.9 Å². The van der Waals surface area contributed by atoms with Crippen LogP contribution in [0.1, 0.15) is 17.5 Å². The Morgan fingerprint density at radius 3 is 2.50 bits per heavy atom. The van der Waals surface area contributed by atoms with Gasteiger partial charge < -0.3 is 16.4 Å². The molecule has 0 aromatic heterocycles. The molecule has 4 N–H and O–H groups in total. The molecular formula is C19H21N3O2. The monoisotopic (exact) mass is 323 g/mol. The van der Waals surface area contributed by atoms with Gasteiger partial charge in [0.25, 0.3) is 0 Å². The molecule has 24 heavy (non-hydrogen) atoms. The summed E-state index contributed by atoms with van der Waals surface area (Å²) in [5.41, 5.74) is 15.6. The van der Waals surface area contributed by atoms with E-state index in [1.54, 1.807) is 4.90 Å². The second-order valence-corrected chi connectivity index (χ2v) is 6.14. The van der Waals surface area contributed by atoms with Gasteiger partial charge in [0.15, 0.2) is 0 Å². The molecule has 1 unspecified atom stereocenters. The van der Waals surface area contributed by atoms with Crippen molar-refractivity contribution in [1.29, 1.82) is 0 Å². The summed E-state index contributed by atoms with van der Waals surface area (Å²) in [7, 11) is 0. The van der Waals surface area contributed by atoms with Crippen molar-refractivity contribution < 1.29 is 9.59 Å². The Bertz CT molecular complexity index is 758. The Kier molecular flexibility index (Phi) is 4.62. The SMILES string of the molecule is NC(=O)CC(N)C(=O)N1CCc2ccc(-c3ccccc3)cc2C1. The number of primary amides is 1. The van der Waals surface area contributed by atoms with Crippen molar-refractivity contribution in [2.75, 3.05) is 6.54 Å². The molecule has 3 rings (SSSR count). The number of fused-ring (bicyclic) bond motifs is 1. The number of hydrogen-bond donors (Lipinski definition) is 2. The molecule has 1 heterocycles. The Balaban J connectivity index is 1.79. The minimum absolute atomic E-state index is 0.119. The Morgan fingerprint density at radius 1 is 1.04 bits per heavy atom. The third-order valence-corrected chi connectivity index (χ3v) is 4.38. The molecule has 0 bridgehead atoms. The molecule has 1 aliphatic heterocycles. The van der Waals surface area contributed by atoms with Crippen molar-refractivity contribution in [1.82, 2.24) is 4.90 Å². The van der Waals surface area contributed by atoms with Crippen LogP contribution in [0.2, 0.25) is 0 Å². The lowest BCUT2D eigenvalue weighted by Gasteiger charge is -2.31. The van der Waals surface area contributed by atoms with Crippen LogP contribution in [0.4, 0.5) is 0 Å². The number of benzene rings is 2. The van der Waals surface area contributed by atoms with Crippen molar-refractivity contribution in [2.24, 2.45) is 11.5 Å². The van der Waals surface area contributed by atoms with E-state index in [1.807, 2.05) is 18.2 Å². The standard InChI is InChI=1S/C19H21N3O2/c20-17(11-18(21)23)19(24)22-9-8-14-6-7-15(10-16(14)12-22)13-4-2-1-3-5-13/h1-7,10,17H,8-9,11-12,20H2,(H2,21,23). The van der Waals surface area contributed by atoms with Gasteiger partial charge in [-0.2, -0.15) is 0 Å². The van der Waals surface area contributed by atoms with Crippen LogP contribution < -0.4 is 11.5 Å². The fourth-order valence-corrected chi connectivity index (χ4v) is 3.09. The third kappa shape index (κ3) is 3.46. The molecule has 0 saturated heterocycles. The molecule has 1 atom stereocenters. The Labute approximate surface area is 141 Å². The number of hydrogen-bond acceptors (Lipinski definition) is 3. The van der Waals surface area contributed by atoms with Crippen molar-refractivity contribution in [3.05, 3.63) is 59.7 Å². The van der Waals surface area contributed by atoms with Crippen LogP contribution in [0, 0.1) is 0 Å². The second kappa shape index (κ2) is 6.84. The highest BCUT2D eigenvalue weighted by atomic mass is 16.2. The number of carbonyl (C=O) groups is 2. The van der Waals surface area contributed by atoms with E-state index in [4.69, 9.17) is 11.5 Å². The number of nitrogens with two attached hydrogens (primary N) is 2. The van der Waals surface area contributed by atoms with Crippen LogP contribution in [0.5, 0.6) is 0 Å². The van der Waals surface area contributed by atoms with Crippen LogP contribution >= 0.6 is 0 Å². The summed E-state index contributed by atoms with van der Waals surface area (Å²) in [5.74, 6) is -0.774. The van der Waals surface area contributed by atoms with E-state index in [0.29, 0.717) is 13.1 Å². The molecule has 2 amide bonds. The first-order valence-corrected chi connectivity index (χ1v) is 8.04. The second-order valence-electron chi connectivity index (χ2n) is 6.14. The molecule has 124 valence electrons. The summed E-state index contributed by atoms with van der Waals surface area (Å²) in [6.45, 7) is 1.13. The summed E-state index contributed by atoms with van der Waals surface area (Å²) in [5, 5.41) is 0. The van der Waals surface area contributed by atoms with Gasteiger partial charge in [-0.25, -0.2) is 0 Å². The number of rotatable bonds is 4. The van der Waals surface area contributed by atoms with Gasteiger partial charge in [-0.05, 0) is 34.7 Å². The molecule has 0 aliphatic carbocycles. The van der Waals surface area contributed by atoms with Crippen LogP contribution in [0.3, 0.4) is 0 Å². The van der Waals surface area contributed by atoms with Crippen molar-refractivity contribution in [3.63, 3.8) is 0 Å². The molecule has 0 fully saturated rings. The minimum atomic E-state index is -0.860. The average molecular weight is 323 g/mol. The molecular weight excluding hydrogens is 302 g/mol. The van der Waals surface area contributed by atoms with E-state index in [0.717, 1.165) is 23.1 Å². The van der Waals surface area contributed by atoms with E-state index >= 15 is 0 Å². The maximum Gasteiger partial charge on any atom is 0.240 e. The number of nitrogens with zero attached hydrogens (tertiary/aromatic N) is 1. The van der Waals surface area contributed by atoms with Gasteiger partial charge in [0.2, 0.25) is 11.8 Å². The molecule has 0 spiro atoms. The van der Waals surface area contributed by atoms with Gasteiger partial charge in [0, 0.05) is 13.1 Å². The van der Waals surface area contributed by atoms with E-state index in [-0.39, 0.29) is 12.3 Å². The zero-order valence-electron chi connectivity index (χ0n) is 13.4. The highest BCUT2D eigenvalue weighted by Crippen LogP contribution is 2.26. The molecule has 2 aromatic rings. The van der Waals surface area contributed by atoms with Crippen molar-refractivity contribution in [3.8, 4) is 11.1 Å². The largest absolute Gasteiger partial charge is 0.370 e. The van der Waals surface area contributed by atoms with Crippen LogP contribution in [-0.2, 0) is 22.6 Å². The fraction of sp³-hybridized carbons (Fsp3) is 0.263. The van der Waals surface area contributed by atoms with Crippen LogP contribution in [-0.4, -0.2) is 29.3 Å². The van der Waals surface area contributed by atoms with Gasteiger partial charge in [-0.3, -0.25) is 9.59 Å². The highest BCUT2D eigenvalue weighted by molar-refractivity contribution is 5.87. The summed E-state index contributed by atoms with van der Waals surface area (Å²) >= 11 is 0. The fourth-order valence-electron chi connectivity index (χ4n) is 3.09. The maximum atomic E-state index is 12.4. The minimum Gasteiger partial charge on any atom is -0.370 e. The number of carbonyl (C=O) groups excluding carboxylic acids is 2. The Hall–Kier alpha value is -2.66. The summed E-state index contributed by atoms with van der Waals surface area (Å²) in [6, 6.07) is 15.6. The normalized spacial score (nSPS) is 14.8. The predicted octanol–water partition coefficient (Wildman–Crippen LogP) is 1.44. The molecule has 5 heteroatoms. The molecule has 1 aliphatic rings. The lowest BCUT2D eigenvalue weighted by molar-refractivity contribution is -0.135. The van der Waals surface area contributed by atoms with Gasteiger partial charge in [0.05, 0.1) is 12.5 Å². The third-order valence-electron chi connectivity index (χ3n) is 4.38. The first-order chi connectivity index (χ1) is 11.5. The summed E-state index contributed by atoms with van der Waals surface area (Å²) in [6.07, 6.45) is 0.672. The zero-order valence-corrected chi connectivity index (χ0v) is 13.4. The van der Waals surface area contributed by atoms with Crippen molar-refractivity contribution in [2.45, 2.75) is 25.4 Å². The highest BCUT2D eigenvalue weighted by Gasteiger charge is 2.26. The van der Waals surface area contributed by atoms with Crippen molar-refractivity contribution >= 4 is 11.8 Å². The lowest BCUT2D eigenvalue weighted by Crippen LogP contribution is -2.47. The van der Waals surface area contributed by atoms with Crippen LogP contribution in [0.15, 0.2) is 48.5 Å². The first kappa shape index (κ1) is 16.2. The van der Waals surface area contributed by atoms with Crippen LogP contribution in [0.25, 0.3) is 11.1 Å².